The molecule has 1 aromatic heterocycles. The first-order valence-corrected chi connectivity index (χ1v) is 12.8. The fourth-order valence-corrected chi connectivity index (χ4v) is 4.52. The molecule has 0 radical (unpaired) electrons. The first kappa shape index (κ1) is 27.3. The summed E-state index contributed by atoms with van der Waals surface area (Å²) in [5, 5.41) is 5.94. The van der Waals surface area contributed by atoms with Gasteiger partial charge >= 0.3 is 0 Å². The Morgan fingerprint density at radius 2 is 1.81 bits per heavy atom. The Morgan fingerprint density at radius 1 is 1.06 bits per heavy atom. The maximum absolute atomic E-state index is 13.6. The van der Waals surface area contributed by atoms with Crippen molar-refractivity contribution < 1.29 is 19.1 Å². The monoisotopic (exact) mass is 494 g/mol. The molecule has 1 aliphatic carbocycles. The molecule has 1 aromatic carbocycles. The first-order valence-electron chi connectivity index (χ1n) is 12.8. The van der Waals surface area contributed by atoms with Crippen molar-refractivity contribution in [2.24, 2.45) is 0 Å². The minimum Gasteiger partial charge on any atom is -0.383 e. The number of methoxy groups -OCH3 is 1. The SMILES string of the molecule is COCCN(C(=O)CCCC(=O)Nc1ccccn1)[C@@H](C(=O)NC1CCCCC1)c1ccc(C)cc1. The summed E-state index contributed by atoms with van der Waals surface area (Å²) >= 11 is 0. The van der Waals surface area contributed by atoms with Gasteiger partial charge in [0.15, 0.2) is 0 Å². The highest BCUT2D eigenvalue weighted by molar-refractivity contribution is 5.91. The van der Waals surface area contributed by atoms with E-state index in [0.29, 0.717) is 18.8 Å². The number of hydrogen-bond donors (Lipinski definition) is 2. The van der Waals surface area contributed by atoms with Crippen molar-refractivity contribution in [1.29, 1.82) is 0 Å². The van der Waals surface area contributed by atoms with E-state index in [4.69, 9.17) is 4.74 Å². The van der Waals surface area contributed by atoms with Crippen LogP contribution in [-0.2, 0) is 19.1 Å². The number of benzene rings is 1. The molecule has 3 amide bonds. The molecule has 0 unspecified atom stereocenters. The molecule has 3 rings (SSSR count). The lowest BCUT2D eigenvalue weighted by Gasteiger charge is -2.33. The number of ether oxygens (including phenoxy) is 1. The van der Waals surface area contributed by atoms with Gasteiger partial charge in [-0.05, 0) is 43.9 Å². The number of carbonyl (C=O) groups is 3. The minimum absolute atomic E-state index is 0.133. The van der Waals surface area contributed by atoms with Gasteiger partial charge in [0, 0.05) is 38.7 Å². The lowest BCUT2D eigenvalue weighted by atomic mass is 9.94. The third kappa shape index (κ3) is 8.45. The van der Waals surface area contributed by atoms with Crippen molar-refractivity contribution in [3.05, 3.63) is 59.8 Å². The Morgan fingerprint density at radius 3 is 2.47 bits per heavy atom. The number of carbonyl (C=O) groups excluding carboxylic acids is 3. The topological polar surface area (TPSA) is 101 Å². The molecule has 0 aliphatic heterocycles. The third-order valence-corrected chi connectivity index (χ3v) is 6.49. The fourth-order valence-electron chi connectivity index (χ4n) is 4.52. The predicted octanol–water partition coefficient (Wildman–Crippen LogP) is 4.16. The summed E-state index contributed by atoms with van der Waals surface area (Å²) in [6, 6.07) is 12.4. The van der Waals surface area contributed by atoms with Crippen LogP contribution in [-0.4, -0.2) is 53.9 Å². The maximum atomic E-state index is 13.6. The Labute approximate surface area is 213 Å². The van der Waals surface area contributed by atoms with E-state index in [1.165, 1.54) is 6.42 Å². The molecule has 0 spiro atoms. The average molecular weight is 495 g/mol. The highest BCUT2D eigenvalue weighted by Crippen LogP contribution is 2.25. The van der Waals surface area contributed by atoms with Crippen molar-refractivity contribution in [3.8, 4) is 0 Å². The number of aryl methyl sites for hydroxylation is 1. The number of nitrogens with zero attached hydrogens (tertiary/aromatic N) is 2. The summed E-state index contributed by atoms with van der Waals surface area (Å²) in [5.41, 5.74) is 1.85. The average Bonchev–Trinajstić information content (AvgIpc) is 2.88. The molecular weight excluding hydrogens is 456 g/mol. The predicted molar refractivity (Wildman–Crippen MR) is 139 cm³/mol. The molecule has 1 fully saturated rings. The standard InChI is InChI=1S/C28H38N4O4/c1-21-14-16-22(17-15-21)27(28(35)30-23-9-4-3-5-10-23)32(19-20-36-2)26(34)13-8-12-25(33)31-24-11-6-7-18-29-24/h6-7,11,14-18,23,27H,3-5,8-10,12-13,19-20H2,1-2H3,(H,30,35)(H,29,31,33)/t27-/m1/s1. The number of rotatable bonds is 12. The van der Waals surface area contributed by atoms with E-state index in [1.54, 1.807) is 36.4 Å². The number of hydrogen-bond acceptors (Lipinski definition) is 5. The van der Waals surface area contributed by atoms with E-state index in [2.05, 4.69) is 15.6 Å². The second kappa shape index (κ2) is 14.3. The highest BCUT2D eigenvalue weighted by atomic mass is 16.5. The van der Waals surface area contributed by atoms with Gasteiger partial charge in [-0.2, -0.15) is 0 Å². The van der Waals surface area contributed by atoms with Gasteiger partial charge in [0.1, 0.15) is 11.9 Å². The lowest BCUT2D eigenvalue weighted by Crippen LogP contribution is -2.48. The number of pyridine rings is 1. The van der Waals surface area contributed by atoms with E-state index in [-0.39, 0.29) is 43.1 Å². The molecule has 8 nitrogen and oxygen atoms in total. The molecule has 1 aliphatic rings. The van der Waals surface area contributed by atoms with Crippen molar-refractivity contribution >= 4 is 23.5 Å². The van der Waals surface area contributed by atoms with Crippen LogP contribution < -0.4 is 10.6 Å². The molecule has 1 atom stereocenters. The molecule has 0 saturated heterocycles. The van der Waals surface area contributed by atoms with Crippen LogP contribution in [0.1, 0.15) is 68.5 Å². The summed E-state index contributed by atoms with van der Waals surface area (Å²) in [6.07, 6.45) is 7.64. The number of nitrogens with one attached hydrogen (secondary N) is 2. The van der Waals surface area contributed by atoms with E-state index >= 15 is 0 Å². The summed E-state index contributed by atoms with van der Waals surface area (Å²) in [7, 11) is 1.58. The van der Waals surface area contributed by atoms with E-state index in [9.17, 15) is 14.4 Å². The number of anilines is 1. The van der Waals surface area contributed by atoms with Gasteiger partial charge in [0.2, 0.25) is 17.7 Å². The fraction of sp³-hybridized carbons (Fsp3) is 0.500. The van der Waals surface area contributed by atoms with Crippen molar-refractivity contribution in [2.75, 3.05) is 25.6 Å². The maximum Gasteiger partial charge on any atom is 0.247 e. The lowest BCUT2D eigenvalue weighted by molar-refractivity contribution is -0.142. The van der Waals surface area contributed by atoms with Gasteiger partial charge in [-0.15, -0.1) is 0 Å². The van der Waals surface area contributed by atoms with Crippen LogP contribution in [0.3, 0.4) is 0 Å². The molecule has 8 heteroatoms. The van der Waals surface area contributed by atoms with E-state index in [1.807, 2.05) is 31.2 Å². The van der Waals surface area contributed by atoms with Crippen LogP contribution in [0.4, 0.5) is 5.82 Å². The normalized spacial score (nSPS) is 14.6. The van der Waals surface area contributed by atoms with Crippen molar-refractivity contribution in [3.63, 3.8) is 0 Å². The molecular formula is C28H38N4O4. The Bertz CT molecular complexity index is 975. The third-order valence-electron chi connectivity index (χ3n) is 6.49. The molecule has 194 valence electrons. The van der Waals surface area contributed by atoms with Gasteiger partial charge in [-0.25, -0.2) is 4.98 Å². The van der Waals surface area contributed by atoms with Gasteiger partial charge in [0.05, 0.1) is 6.61 Å². The Kier molecular flexibility index (Phi) is 10.9. The summed E-state index contributed by atoms with van der Waals surface area (Å²) in [6.45, 7) is 2.59. The molecule has 0 bridgehead atoms. The van der Waals surface area contributed by atoms with Crippen LogP contribution in [0.25, 0.3) is 0 Å². The van der Waals surface area contributed by atoms with Gasteiger partial charge < -0.3 is 20.3 Å². The summed E-state index contributed by atoms with van der Waals surface area (Å²) in [5.74, 6) is -0.0606. The number of aromatic nitrogens is 1. The van der Waals surface area contributed by atoms with Crippen molar-refractivity contribution in [2.45, 2.75) is 70.4 Å². The molecule has 1 saturated carbocycles. The Hall–Kier alpha value is -3.26. The molecule has 2 N–H and O–H groups in total. The van der Waals surface area contributed by atoms with Gasteiger partial charge in [-0.3, -0.25) is 14.4 Å². The quantitative estimate of drug-likeness (QED) is 0.461. The molecule has 2 aromatic rings. The first-order chi connectivity index (χ1) is 17.5. The number of amides is 3. The second-order valence-electron chi connectivity index (χ2n) is 9.35. The summed E-state index contributed by atoms with van der Waals surface area (Å²) in [4.78, 5) is 45.0. The molecule has 1 heterocycles. The van der Waals surface area contributed by atoms with Crippen molar-refractivity contribution in [1.82, 2.24) is 15.2 Å². The smallest absolute Gasteiger partial charge is 0.247 e. The van der Waals surface area contributed by atoms with Crippen LogP contribution in [0.15, 0.2) is 48.7 Å². The van der Waals surface area contributed by atoms with E-state index < -0.39 is 6.04 Å². The summed E-state index contributed by atoms with van der Waals surface area (Å²) < 4.78 is 5.27. The zero-order valence-electron chi connectivity index (χ0n) is 21.4. The largest absolute Gasteiger partial charge is 0.383 e. The van der Waals surface area contributed by atoms with Crippen LogP contribution in [0.5, 0.6) is 0 Å². The Balaban J connectivity index is 1.70. The van der Waals surface area contributed by atoms with E-state index in [0.717, 1.165) is 36.8 Å². The van der Waals surface area contributed by atoms with Gasteiger partial charge in [-0.1, -0.05) is 55.2 Å². The molecule has 36 heavy (non-hydrogen) atoms. The minimum atomic E-state index is -0.752. The second-order valence-corrected chi connectivity index (χ2v) is 9.35. The highest BCUT2D eigenvalue weighted by Gasteiger charge is 2.32. The van der Waals surface area contributed by atoms with Gasteiger partial charge in [0.25, 0.3) is 0 Å². The zero-order chi connectivity index (χ0) is 25.8. The van der Waals surface area contributed by atoms with Crippen LogP contribution >= 0.6 is 0 Å². The zero-order valence-corrected chi connectivity index (χ0v) is 21.4. The van der Waals surface area contributed by atoms with Crippen LogP contribution in [0, 0.1) is 6.92 Å². The van der Waals surface area contributed by atoms with Crippen LogP contribution in [0.2, 0.25) is 0 Å².